The lowest BCUT2D eigenvalue weighted by Crippen LogP contribution is -2.15. The van der Waals surface area contributed by atoms with Crippen LogP contribution in [0.4, 0.5) is 5.69 Å². The highest BCUT2D eigenvalue weighted by atomic mass is 32.2. The van der Waals surface area contributed by atoms with E-state index in [1.807, 2.05) is 0 Å². The number of anilines is 1. The standard InChI is InChI=1S/C24H35NO6S2/c1-2-3-4-5-6-7-8-9-10-11-20-32(27,28)31-23-16-18-24(19-17-23)33(29,30)25-21-12-14-22(26)15-13-21/h12-19,25-26H,2-11,20H2,1H3. The van der Waals surface area contributed by atoms with Crippen molar-refractivity contribution in [3.05, 3.63) is 48.5 Å². The molecule has 0 aliphatic rings. The van der Waals surface area contributed by atoms with Crippen LogP contribution in [0.3, 0.4) is 0 Å². The zero-order chi connectivity index (χ0) is 24.2. The van der Waals surface area contributed by atoms with Crippen molar-refractivity contribution < 1.29 is 26.1 Å². The summed E-state index contributed by atoms with van der Waals surface area (Å²) in [5, 5.41) is 9.29. The average Bonchev–Trinajstić information content (AvgIpc) is 2.76. The number of phenolic OH excluding ortho intramolecular Hbond substituents is 1. The fourth-order valence-electron chi connectivity index (χ4n) is 3.37. The SMILES string of the molecule is CCCCCCCCCCCCS(=O)(=O)Oc1ccc(S(=O)(=O)Nc2ccc(O)cc2)cc1. The summed E-state index contributed by atoms with van der Waals surface area (Å²) in [5.74, 6) is 0.0375. The van der Waals surface area contributed by atoms with E-state index in [-0.39, 0.29) is 22.1 Å². The van der Waals surface area contributed by atoms with Crippen molar-refractivity contribution >= 4 is 25.8 Å². The second-order valence-corrected chi connectivity index (χ2v) is 11.5. The van der Waals surface area contributed by atoms with E-state index in [0.29, 0.717) is 12.1 Å². The van der Waals surface area contributed by atoms with Crippen LogP contribution in [0.25, 0.3) is 0 Å². The van der Waals surface area contributed by atoms with Crippen molar-refractivity contribution in [2.75, 3.05) is 10.5 Å². The Morgan fingerprint density at radius 3 is 1.79 bits per heavy atom. The van der Waals surface area contributed by atoms with E-state index in [1.54, 1.807) is 0 Å². The van der Waals surface area contributed by atoms with Gasteiger partial charge in [-0.05, 0) is 55.0 Å². The van der Waals surface area contributed by atoms with Gasteiger partial charge in [0.05, 0.1) is 10.6 Å². The van der Waals surface area contributed by atoms with E-state index in [9.17, 15) is 21.9 Å². The molecule has 0 aromatic heterocycles. The van der Waals surface area contributed by atoms with Gasteiger partial charge in [-0.25, -0.2) is 8.42 Å². The first kappa shape index (κ1) is 27.0. The summed E-state index contributed by atoms with van der Waals surface area (Å²) in [4.78, 5) is -0.0324. The van der Waals surface area contributed by atoms with Gasteiger partial charge in [-0.15, -0.1) is 0 Å². The third-order valence-electron chi connectivity index (χ3n) is 5.22. The van der Waals surface area contributed by atoms with Crippen molar-refractivity contribution in [2.45, 2.75) is 76.0 Å². The van der Waals surface area contributed by atoms with Crippen molar-refractivity contribution in [3.63, 3.8) is 0 Å². The smallest absolute Gasteiger partial charge is 0.309 e. The minimum atomic E-state index is -3.86. The molecule has 0 aliphatic carbocycles. The molecule has 0 aliphatic heterocycles. The number of hydrogen-bond acceptors (Lipinski definition) is 6. The number of benzene rings is 2. The number of phenols is 1. The Balaban J connectivity index is 1.74. The highest BCUT2D eigenvalue weighted by Gasteiger charge is 2.16. The number of hydrogen-bond donors (Lipinski definition) is 2. The zero-order valence-electron chi connectivity index (χ0n) is 19.2. The number of sulfonamides is 1. The predicted molar refractivity (Wildman–Crippen MR) is 132 cm³/mol. The summed E-state index contributed by atoms with van der Waals surface area (Å²) < 4.78 is 56.9. The van der Waals surface area contributed by atoms with Gasteiger partial charge in [-0.1, -0.05) is 64.7 Å². The number of unbranched alkanes of at least 4 members (excludes halogenated alkanes) is 9. The van der Waals surface area contributed by atoms with Crippen molar-refractivity contribution in [3.8, 4) is 11.5 Å². The highest BCUT2D eigenvalue weighted by molar-refractivity contribution is 7.92. The van der Waals surface area contributed by atoms with E-state index in [0.717, 1.165) is 19.3 Å². The molecule has 7 nitrogen and oxygen atoms in total. The van der Waals surface area contributed by atoms with E-state index >= 15 is 0 Å². The van der Waals surface area contributed by atoms with Crippen LogP contribution in [-0.4, -0.2) is 27.7 Å². The third kappa shape index (κ3) is 10.5. The highest BCUT2D eigenvalue weighted by Crippen LogP contribution is 2.22. The van der Waals surface area contributed by atoms with Crippen molar-refractivity contribution in [2.24, 2.45) is 0 Å². The summed E-state index contributed by atoms with van der Waals surface area (Å²) in [6.45, 7) is 2.20. The molecule has 0 radical (unpaired) electrons. The van der Waals surface area contributed by atoms with Crippen LogP contribution < -0.4 is 8.91 Å². The van der Waals surface area contributed by atoms with Crippen molar-refractivity contribution in [1.29, 1.82) is 0 Å². The molecule has 0 unspecified atom stereocenters. The molecule has 0 spiro atoms. The topological polar surface area (TPSA) is 110 Å². The van der Waals surface area contributed by atoms with Crippen molar-refractivity contribution in [1.82, 2.24) is 0 Å². The Morgan fingerprint density at radius 2 is 1.24 bits per heavy atom. The van der Waals surface area contributed by atoms with Crippen LogP contribution in [0.2, 0.25) is 0 Å². The Bertz CT molecular complexity index is 1030. The zero-order valence-corrected chi connectivity index (χ0v) is 20.8. The maximum absolute atomic E-state index is 12.5. The Kier molecular flexibility index (Phi) is 11.0. The summed E-state index contributed by atoms with van der Waals surface area (Å²) in [5.41, 5.74) is 0.298. The molecule has 0 saturated carbocycles. The lowest BCUT2D eigenvalue weighted by atomic mass is 10.1. The molecule has 0 bridgehead atoms. The number of rotatable bonds is 16. The van der Waals surface area contributed by atoms with Crippen LogP contribution in [0.1, 0.15) is 71.1 Å². The van der Waals surface area contributed by atoms with Gasteiger partial charge in [0, 0.05) is 5.69 Å². The average molecular weight is 498 g/mol. The first-order valence-electron chi connectivity index (χ1n) is 11.6. The summed E-state index contributed by atoms with van der Waals surface area (Å²) in [7, 11) is -7.59. The Hall–Kier alpha value is -2.26. The maximum atomic E-state index is 12.5. The number of nitrogens with one attached hydrogen (secondary N) is 1. The van der Waals surface area contributed by atoms with Crippen LogP contribution in [0.15, 0.2) is 53.4 Å². The van der Waals surface area contributed by atoms with Gasteiger partial charge < -0.3 is 9.29 Å². The second-order valence-electron chi connectivity index (χ2n) is 8.15. The molecule has 2 N–H and O–H groups in total. The van der Waals surface area contributed by atoms with Crippen LogP contribution in [0.5, 0.6) is 11.5 Å². The lowest BCUT2D eigenvalue weighted by Gasteiger charge is -2.10. The molecule has 2 aromatic carbocycles. The molecule has 0 fully saturated rings. The second kappa shape index (κ2) is 13.4. The summed E-state index contributed by atoms with van der Waals surface area (Å²) >= 11 is 0. The van der Waals surface area contributed by atoms with Crippen LogP contribution in [0, 0.1) is 0 Å². The molecule has 33 heavy (non-hydrogen) atoms. The predicted octanol–water partition coefficient (Wildman–Crippen LogP) is 5.82. The quantitative estimate of drug-likeness (QED) is 0.172. The lowest BCUT2D eigenvalue weighted by molar-refractivity contribution is 0.475. The molecule has 0 saturated heterocycles. The number of aromatic hydroxyl groups is 1. The largest absolute Gasteiger partial charge is 0.508 e. The molecule has 184 valence electrons. The first-order chi connectivity index (χ1) is 15.7. The van der Waals surface area contributed by atoms with Gasteiger partial charge in [-0.3, -0.25) is 4.72 Å². The van der Waals surface area contributed by atoms with Gasteiger partial charge >= 0.3 is 10.1 Å². The molecule has 9 heteroatoms. The minimum absolute atomic E-state index is 0.0264. The molecule has 0 amide bonds. The van der Waals surface area contributed by atoms with E-state index < -0.39 is 20.1 Å². The molecule has 2 rings (SSSR count). The van der Waals surface area contributed by atoms with E-state index in [2.05, 4.69) is 11.6 Å². The van der Waals surface area contributed by atoms with Gasteiger partial charge in [-0.2, -0.15) is 8.42 Å². The molecule has 0 atom stereocenters. The summed E-state index contributed by atoms with van der Waals surface area (Å²) in [6, 6.07) is 10.8. The van der Waals surface area contributed by atoms with Crippen LogP contribution >= 0.6 is 0 Å². The van der Waals surface area contributed by atoms with E-state index in [4.69, 9.17) is 4.18 Å². The van der Waals surface area contributed by atoms with Gasteiger partial charge in [0.25, 0.3) is 10.0 Å². The monoisotopic (exact) mass is 497 g/mol. The minimum Gasteiger partial charge on any atom is -0.508 e. The van der Waals surface area contributed by atoms with Gasteiger partial charge in [0.1, 0.15) is 11.5 Å². The molecular formula is C24H35NO6S2. The molecular weight excluding hydrogens is 462 g/mol. The van der Waals surface area contributed by atoms with Crippen LogP contribution in [-0.2, 0) is 20.1 Å². The van der Waals surface area contributed by atoms with E-state index in [1.165, 1.54) is 87.1 Å². The maximum Gasteiger partial charge on any atom is 0.309 e. The summed E-state index contributed by atoms with van der Waals surface area (Å²) in [6.07, 6.45) is 11.1. The Morgan fingerprint density at radius 1 is 0.727 bits per heavy atom. The van der Waals surface area contributed by atoms with Gasteiger partial charge in [0.2, 0.25) is 0 Å². The third-order valence-corrected chi connectivity index (χ3v) is 7.86. The van der Waals surface area contributed by atoms with Gasteiger partial charge in [0.15, 0.2) is 0 Å². The normalized spacial score (nSPS) is 11.9. The Labute approximate surface area is 198 Å². The molecule has 2 aromatic rings. The fourth-order valence-corrected chi connectivity index (χ4v) is 5.48. The molecule has 0 heterocycles. The fraction of sp³-hybridized carbons (Fsp3) is 0.500. The first-order valence-corrected chi connectivity index (χ1v) is 14.6.